The molecule has 1 atom stereocenters. The van der Waals surface area contributed by atoms with E-state index in [1.807, 2.05) is 38.1 Å². The smallest absolute Gasteiger partial charge is 0.411 e. The van der Waals surface area contributed by atoms with E-state index in [1.165, 1.54) is 0 Å². The molecule has 1 rings (SSSR count). The van der Waals surface area contributed by atoms with E-state index < -0.39 is 6.09 Å². The predicted molar refractivity (Wildman–Crippen MR) is 64.5 cm³/mol. The molecule has 1 aromatic rings. The number of anilines is 1. The Morgan fingerprint density at radius 3 is 2.93 bits per heavy atom. The fourth-order valence-electron chi connectivity index (χ4n) is 1.08. The molecule has 1 N–H and O–H groups in total. The molecule has 0 aliphatic rings. The Hall–Kier alpha value is -1.03. The molecule has 0 fully saturated rings. The van der Waals surface area contributed by atoms with Crippen LogP contribution in [-0.2, 0) is 4.74 Å². The van der Waals surface area contributed by atoms with Gasteiger partial charge < -0.3 is 4.74 Å². The molecule has 0 bridgehead atoms. The molecule has 4 heteroatoms. The van der Waals surface area contributed by atoms with E-state index in [1.54, 1.807) is 0 Å². The summed E-state index contributed by atoms with van der Waals surface area (Å²) < 4.78 is 5.05. The van der Waals surface area contributed by atoms with Gasteiger partial charge in [0.1, 0.15) is 6.10 Å². The van der Waals surface area contributed by atoms with Crippen LogP contribution in [0.5, 0.6) is 0 Å². The number of aryl methyl sites for hydroxylation is 1. The summed E-state index contributed by atoms with van der Waals surface area (Å²) in [5, 5.41) is 3.30. The van der Waals surface area contributed by atoms with Crippen LogP contribution in [0.25, 0.3) is 0 Å². The second-order valence-corrected chi connectivity index (χ2v) is 4.01. The van der Waals surface area contributed by atoms with Crippen LogP contribution >= 0.6 is 15.9 Å². The van der Waals surface area contributed by atoms with E-state index >= 15 is 0 Å². The number of rotatable bonds is 3. The van der Waals surface area contributed by atoms with Crippen molar-refractivity contribution in [1.82, 2.24) is 0 Å². The monoisotopic (exact) mass is 271 g/mol. The lowest BCUT2D eigenvalue weighted by Crippen LogP contribution is -2.21. The van der Waals surface area contributed by atoms with Gasteiger partial charge in [-0.15, -0.1) is 0 Å². The summed E-state index contributed by atoms with van der Waals surface area (Å²) in [6.07, 6.45) is -0.553. The standard InChI is InChI=1S/C11H14BrNO2/c1-8-4-3-5-10(6-8)13-11(14)15-9(2)7-12/h3-6,9H,7H2,1-2H3,(H,13,14). The maximum absolute atomic E-state index is 11.3. The molecule has 1 aromatic carbocycles. The molecule has 0 heterocycles. The Kier molecular flexibility index (Phi) is 4.62. The summed E-state index contributed by atoms with van der Waals surface area (Å²) in [4.78, 5) is 11.3. The van der Waals surface area contributed by atoms with Crippen molar-refractivity contribution in [2.45, 2.75) is 20.0 Å². The maximum Gasteiger partial charge on any atom is 0.411 e. The number of carbonyl (C=O) groups is 1. The number of benzene rings is 1. The molecule has 0 radical (unpaired) electrons. The summed E-state index contributed by atoms with van der Waals surface area (Å²) >= 11 is 3.24. The third-order valence-corrected chi connectivity index (χ3v) is 2.70. The minimum atomic E-state index is -0.424. The highest BCUT2D eigenvalue weighted by molar-refractivity contribution is 9.09. The summed E-state index contributed by atoms with van der Waals surface area (Å²) in [5.41, 5.74) is 1.85. The molecule has 0 saturated heterocycles. The molecule has 0 spiro atoms. The van der Waals surface area contributed by atoms with Crippen molar-refractivity contribution in [3.05, 3.63) is 29.8 Å². The average molecular weight is 272 g/mol. The first-order valence-electron chi connectivity index (χ1n) is 4.72. The zero-order chi connectivity index (χ0) is 11.3. The van der Waals surface area contributed by atoms with Crippen molar-refractivity contribution in [2.75, 3.05) is 10.6 Å². The number of carbonyl (C=O) groups excluding carboxylic acids is 1. The van der Waals surface area contributed by atoms with Gasteiger partial charge in [-0.1, -0.05) is 28.1 Å². The molecule has 15 heavy (non-hydrogen) atoms. The molecule has 0 aliphatic heterocycles. The van der Waals surface area contributed by atoms with Gasteiger partial charge in [-0.25, -0.2) is 4.79 Å². The van der Waals surface area contributed by atoms with Crippen LogP contribution in [0.3, 0.4) is 0 Å². The number of ether oxygens (including phenoxy) is 1. The normalized spacial score (nSPS) is 11.9. The van der Waals surface area contributed by atoms with Crippen LogP contribution in [0, 0.1) is 6.92 Å². The summed E-state index contributed by atoms with van der Waals surface area (Å²) in [5.74, 6) is 0. The highest BCUT2D eigenvalue weighted by atomic mass is 79.9. The Bertz CT molecular complexity index is 341. The second kappa shape index (κ2) is 5.75. The van der Waals surface area contributed by atoms with Gasteiger partial charge in [0.2, 0.25) is 0 Å². The molecular formula is C11H14BrNO2. The second-order valence-electron chi connectivity index (χ2n) is 3.36. The van der Waals surface area contributed by atoms with Crippen LogP contribution in [0.15, 0.2) is 24.3 Å². The van der Waals surface area contributed by atoms with Crippen LogP contribution < -0.4 is 5.32 Å². The first kappa shape index (κ1) is 12.0. The summed E-state index contributed by atoms with van der Waals surface area (Å²) in [7, 11) is 0. The van der Waals surface area contributed by atoms with E-state index in [0.717, 1.165) is 11.3 Å². The maximum atomic E-state index is 11.3. The molecular weight excluding hydrogens is 258 g/mol. The number of nitrogens with one attached hydrogen (secondary N) is 1. The Labute approximate surface area is 97.9 Å². The van der Waals surface area contributed by atoms with E-state index in [9.17, 15) is 4.79 Å². The lowest BCUT2D eigenvalue weighted by atomic mass is 10.2. The van der Waals surface area contributed by atoms with E-state index in [0.29, 0.717) is 5.33 Å². The zero-order valence-corrected chi connectivity index (χ0v) is 10.4. The van der Waals surface area contributed by atoms with Gasteiger partial charge in [0, 0.05) is 11.0 Å². The lowest BCUT2D eigenvalue weighted by Gasteiger charge is -2.11. The SMILES string of the molecule is Cc1cccc(NC(=O)OC(C)CBr)c1. The molecule has 0 aromatic heterocycles. The topological polar surface area (TPSA) is 38.3 Å². The Balaban J connectivity index is 2.51. The highest BCUT2D eigenvalue weighted by Crippen LogP contribution is 2.10. The summed E-state index contributed by atoms with van der Waals surface area (Å²) in [6, 6.07) is 7.57. The zero-order valence-electron chi connectivity index (χ0n) is 8.79. The van der Waals surface area contributed by atoms with E-state index in [-0.39, 0.29) is 6.10 Å². The van der Waals surface area contributed by atoms with Crippen LogP contribution in [0.4, 0.5) is 10.5 Å². The molecule has 3 nitrogen and oxygen atoms in total. The van der Waals surface area contributed by atoms with E-state index in [2.05, 4.69) is 21.2 Å². The minimum absolute atomic E-state index is 0.130. The van der Waals surface area contributed by atoms with Crippen LogP contribution in [0.2, 0.25) is 0 Å². The van der Waals surface area contributed by atoms with Crippen molar-refractivity contribution in [3.8, 4) is 0 Å². The number of hydrogen-bond acceptors (Lipinski definition) is 2. The summed E-state index contributed by atoms with van der Waals surface area (Å²) in [6.45, 7) is 3.79. The van der Waals surface area contributed by atoms with Crippen LogP contribution in [-0.4, -0.2) is 17.5 Å². The Morgan fingerprint density at radius 1 is 1.60 bits per heavy atom. The molecule has 0 saturated carbocycles. The number of alkyl halides is 1. The number of amides is 1. The van der Waals surface area contributed by atoms with Gasteiger partial charge in [0.25, 0.3) is 0 Å². The highest BCUT2D eigenvalue weighted by Gasteiger charge is 2.07. The third-order valence-electron chi connectivity index (χ3n) is 1.79. The van der Waals surface area contributed by atoms with Gasteiger partial charge in [-0.3, -0.25) is 5.32 Å². The fraction of sp³-hybridized carbons (Fsp3) is 0.364. The van der Waals surface area contributed by atoms with Crippen molar-refractivity contribution >= 4 is 27.7 Å². The fourth-order valence-corrected chi connectivity index (χ4v) is 1.22. The molecule has 0 aliphatic carbocycles. The first-order chi connectivity index (χ1) is 7.11. The van der Waals surface area contributed by atoms with Gasteiger partial charge >= 0.3 is 6.09 Å². The number of halogens is 1. The van der Waals surface area contributed by atoms with E-state index in [4.69, 9.17) is 4.74 Å². The van der Waals surface area contributed by atoms with Crippen molar-refractivity contribution < 1.29 is 9.53 Å². The molecule has 82 valence electrons. The average Bonchev–Trinajstić information content (AvgIpc) is 2.17. The van der Waals surface area contributed by atoms with Gasteiger partial charge in [0.05, 0.1) is 0 Å². The largest absolute Gasteiger partial charge is 0.445 e. The molecule has 1 unspecified atom stereocenters. The van der Waals surface area contributed by atoms with Crippen molar-refractivity contribution in [3.63, 3.8) is 0 Å². The quantitative estimate of drug-likeness (QED) is 0.857. The third kappa shape index (κ3) is 4.34. The van der Waals surface area contributed by atoms with Gasteiger partial charge in [0.15, 0.2) is 0 Å². The van der Waals surface area contributed by atoms with Gasteiger partial charge in [-0.2, -0.15) is 0 Å². The van der Waals surface area contributed by atoms with Gasteiger partial charge in [-0.05, 0) is 31.5 Å². The van der Waals surface area contributed by atoms with Crippen LogP contribution in [0.1, 0.15) is 12.5 Å². The lowest BCUT2D eigenvalue weighted by molar-refractivity contribution is 0.132. The predicted octanol–water partition coefficient (Wildman–Crippen LogP) is 3.33. The van der Waals surface area contributed by atoms with Crippen molar-refractivity contribution in [2.24, 2.45) is 0 Å². The first-order valence-corrected chi connectivity index (χ1v) is 5.84. The number of hydrogen-bond donors (Lipinski definition) is 1. The molecule has 1 amide bonds. The minimum Gasteiger partial charge on any atom is -0.445 e. The van der Waals surface area contributed by atoms with Crippen molar-refractivity contribution in [1.29, 1.82) is 0 Å². The Morgan fingerprint density at radius 2 is 2.33 bits per heavy atom.